The first kappa shape index (κ1) is 12.2. The van der Waals surface area contributed by atoms with Crippen LogP contribution < -0.4 is 0 Å². The maximum Gasteiger partial charge on any atom is 0.0589 e. The lowest BCUT2D eigenvalue weighted by atomic mass is 10.3. The van der Waals surface area contributed by atoms with Gasteiger partial charge in [-0.15, -0.1) is 0 Å². The maximum absolute atomic E-state index is 5.08. The van der Waals surface area contributed by atoms with Crippen molar-refractivity contribution in [2.24, 2.45) is 0 Å². The van der Waals surface area contributed by atoms with E-state index in [9.17, 15) is 0 Å². The molecular formula is C10H16BrNOS. The molecule has 0 aromatic carbocycles. The van der Waals surface area contributed by atoms with Crippen LogP contribution >= 0.6 is 27.3 Å². The standard InChI is InChI=1S/C10H16BrNOS/c1-13-6-5-12(4-3-11)8-10-2-7-14-9-10/h2,7,9H,3-6,8H2,1H3. The van der Waals surface area contributed by atoms with Gasteiger partial charge in [-0.25, -0.2) is 0 Å². The lowest BCUT2D eigenvalue weighted by Crippen LogP contribution is -2.28. The number of ether oxygens (including phenoxy) is 1. The molecule has 0 aliphatic rings. The van der Waals surface area contributed by atoms with Crippen molar-refractivity contribution >= 4 is 27.3 Å². The first-order valence-corrected chi connectivity index (χ1v) is 6.71. The second-order valence-electron chi connectivity index (χ2n) is 3.09. The van der Waals surface area contributed by atoms with Gasteiger partial charge in [-0.05, 0) is 22.4 Å². The predicted octanol–water partition coefficient (Wildman–Crippen LogP) is 2.59. The number of methoxy groups -OCH3 is 1. The average molecular weight is 278 g/mol. The highest BCUT2D eigenvalue weighted by molar-refractivity contribution is 9.09. The Morgan fingerprint density at radius 3 is 2.93 bits per heavy atom. The Balaban J connectivity index is 2.34. The quantitative estimate of drug-likeness (QED) is 0.711. The van der Waals surface area contributed by atoms with Crippen molar-refractivity contribution in [1.82, 2.24) is 4.90 Å². The van der Waals surface area contributed by atoms with Crippen LogP contribution in [0.25, 0.3) is 0 Å². The summed E-state index contributed by atoms with van der Waals surface area (Å²) in [4.78, 5) is 2.39. The second-order valence-corrected chi connectivity index (χ2v) is 4.66. The van der Waals surface area contributed by atoms with E-state index >= 15 is 0 Å². The molecule has 0 unspecified atom stereocenters. The zero-order valence-electron chi connectivity index (χ0n) is 8.41. The molecule has 0 amide bonds. The molecule has 1 aromatic rings. The number of alkyl halides is 1. The molecule has 0 saturated heterocycles. The molecule has 0 aliphatic heterocycles. The number of rotatable bonds is 7. The van der Waals surface area contributed by atoms with Gasteiger partial charge in [-0.1, -0.05) is 15.9 Å². The number of halogens is 1. The van der Waals surface area contributed by atoms with Gasteiger partial charge in [0.1, 0.15) is 0 Å². The van der Waals surface area contributed by atoms with Crippen molar-refractivity contribution in [3.8, 4) is 0 Å². The molecule has 0 saturated carbocycles. The minimum atomic E-state index is 0.803. The first-order valence-electron chi connectivity index (χ1n) is 4.65. The van der Waals surface area contributed by atoms with E-state index in [1.54, 1.807) is 18.4 Å². The summed E-state index contributed by atoms with van der Waals surface area (Å²) in [5, 5.41) is 5.34. The largest absolute Gasteiger partial charge is 0.383 e. The van der Waals surface area contributed by atoms with Crippen molar-refractivity contribution in [2.75, 3.05) is 32.1 Å². The van der Waals surface area contributed by atoms with E-state index in [4.69, 9.17) is 4.74 Å². The highest BCUT2D eigenvalue weighted by Crippen LogP contribution is 2.09. The monoisotopic (exact) mass is 277 g/mol. The summed E-state index contributed by atoms with van der Waals surface area (Å²) in [6, 6.07) is 2.18. The molecule has 0 aliphatic carbocycles. The highest BCUT2D eigenvalue weighted by atomic mass is 79.9. The van der Waals surface area contributed by atoms with Crippen LogP contribution in [0.1, 0.15) is 5.56 Å². The second kappa shape index (κ2) is 7.40. The van der Waals surface area contributed by atoms with Crippen molar-refractivity contribution in [3.05, 3.63) is 22.4 Å². The molecule has 80 valence electrons. The fourth-order valence-electron chi connectivity index (χ4n) is 1.25. The Labute approximate surface area is 98.0 Å². The van der Waals surface area contributed by atoms with Crippen molar-refractivity contribution in [1.29, 1.82) is 0 Å². The molecule has 0 spiro atoms. The molecule has 0 atom stereocenters. The summed E-state index contributed by atoms with van der Waals surface area (Å²) >= 11 is 5.22. The SMILES string of the molecule is COCCN(CCBr)Cc1ccsc1. The van der Waals surface area contributed by atoms with Crippen molar-refractivity contribution in [2.45, 2.75) is 6.54 Å². The maximum atomic E-state index is 5.08. The Bertz CT molecular complexity index is 228. The highest BCUT2D eigenvalue weighted by Gasteiger charge is 2.04. The van der Waals surface area contributed by atoms with Crippen LogP contribution in [0, 0.1) is 0 Å². The minimum Gasteiger partial charge on any atom is -0.383 e. The summed E-state index contributed by atoms with van der Waals surface area (Å²) in [5.74, 6) is 0. The number of thiophene rings is 1. The Morgan fingerprint density at radius 2 is 2.36 bits per heavy atom. The number of nitrogens with zero attached hydrogens (tertiary/aromatic N) is 1. The van der Waals surface area contributed by atoms with Gasteiger partial charge in [0.05, 0.1) is 6.61 Å². The van der Waals surface area contributed by atoms with Gasteiger partial charge in [0.2, 0.25) is 0 Å². The molecular weight excluding hydrogens is 262 g/mol. The van der Waals surface area contributed by atoms with E-state index in [2.05, 4.69) is 37.7 Å². The van der Waals surface area contributed by atoms with E-state index in [1.165, 1.54) is 5.56 Å². The molecule has 0 N–H and O–H groups in total. The summed E-state index contributed by atoms with van der Waals surface area (Å²) in [6.45, 7) is 3.90. The zero-order valence-corrected chi connectivity index (χ0v) is 10.8. The molecule has 2 nitrogen and oxygen atoms in total. The number of hydrogen-bond donors (Lipinski definition) is 0. The molecule has 14 heavy (non-hydrogen) atoms. The topological polar surface area (TPSA) is 12.5 Å². The third-order valence-corrected chi connectivity index (χ3v) is 3.09. The Morgan fingerprint density at radius 1 is 1.50 bits per heavy atom. The Kier molecular flexibility index (Phi) is 6.43. The van der Waals surface area contributed by atoms with Crippen LogP contribution in [0.5, 0.6) is 0 Å². The van der Waals surface area contributed by atoms with Gasteiger partial charge >= 0.3 is 0 Å². The fourth-order valence-corrected chi connectivity index (χ4v) is 2.41. The molecule has 1 rings (SSSR count). The fraction of sp³-hybridized carbons (Fsp3) is 0.600. The lowest BCUT2D eigenvalue weighted by Gasteiger charge is -2.20. The number of hydrogen-bond acceptors (Lipinski definition) is 3. The molecule has 0 fully saturated rings. The van der Waals surface area contributed by atoms with Crippen molar-refractivity contribution in [3.63, 3.8) is 0 Å². The third-order valence-electron chi connectivity index (χ3n) is 2.00. The van der Waals surface area contributed by atoms with Crippen molar-refractivity contribution < 1.29 is 4.74 Å². The molecule has 0 radical (unpaired) electrons. The minimum absolute atomic E-state index is 0.803. The van der Waals surface area contributed by atoms with Gasteiger partial charge in [-0.3, -0.25) is 4.90 Å². The van der Waals surface area contributed by atoms with Crippen LogP contribution in [0.15, 0.2) is 16.8 Å². The van der Waals surface area contributed by atoms with Gasteiger partial charge in [-0.2, -0.15) is 11.3 Å². The van der Waals surface area contributed by atoms with Crippen LogP contribution in [-0.2, 0) is 11.3 Å². The predicted molar refractivity (Wildman–Crippen MR) is 65.3 cm³/mol. The average Bonchev–Trinajstić information content (AvgIpc) is 2.67. The van der Waals surface area contributed by atoms with Gasteiger partial charge in [0.25, 0.3) is 0 Å². The van der Waals surface area contributed by atoms with Gasteiger partial charge < -0.3 is 4.74 Å². The molecule has 0 bridgehead atoms. The van der Waals surface area contributed by atoms with Crippen LogP contribution in [-0.4, -0.2) is 37.0 Å². The van der Waals surface area contributed by atoms with Crippen LogP contribution in [0.3, 0.4) is 0 Å². The first-order chi connectivity index (χ1) is 6.86. The molecule has 4 heteroatoms. The summed E-state index contributed by atoms with van der Waals surface area (Å²) in [7, 11) is 1.75. The van der Waals surface area contributed by atoms with Crippen LogP contribution in [0.4, 0.5) is 0 Å². The van der Waals surface area contributed by atoms with Gasteiger partial charge in [0.15, 0.2) is 0 Å². The van der Waals surface area contributed by atoms with E-state index < -0.39 is 0 Å². The van der Waals surface area contributed by atoms with E-state index in [1.807, 2.05) is 0 Å². The smallest absolute Gasteiger partial charge is 0.0589 e. The molecule has 1 aromatic heterocycles. The summed E-state index contributed by atoms with van der Waals surface area (Å²) < 4.78 is 5.08. The van der Waals surface area contributed by atoms with E-state index in [-0.39, 0.29) is 0 Å². The third kappa shape index (κ3) is 4.55. The summed E-state index contributed by atoms with van der Waals surface area (Å²) in [6.07, 6.45) is 0. The normalized spacial score (nSPS) is 11.1. The van der Waals surface area contributed by atoms with Gasteiger partial charge in [0, 0.05) is 32.1 Å². The molecule has 1 heterocycles. The zero-order chi connectivity index (χ0) is 10.2. The summed E-state index contributed by atoms with van der Waals surface area (Å²) in [5.41, 5.74) is 1.40. The Hall–Kier alpha value is 0.1000. The lowest BCUT2D eigenvalue weighted by molar-refractivity contribution is 0.148. The van der Waals surface area contributed by atoms with E-state index in [0.717, 1.165) is 31.6 Å². The van der Waals surface area contributed by atoms with Crippen LogP contribution in [0.2, 0.25) is 0 Å². The van der Waals surface area contributed by atoms with E-state index in [0.29, 0.717) is 0 Å².